The fraction of sp³-hybridized carbons (Fsp3) is 1.00. The Labute approximate surface area is 118 Å². The summed E-state index contributed by atoms with van der Waals surface area (Å²) in [5.41, 5.74) is -0.0566. The fourth-order valence-electron chi connectivity index (χ4n) is 3.82. The number of piperidine rings is 1. The molecule has 2 atom stereocenters. The lowest BCUT2D eigenvalue weighted by Crippen LogP contribution is -2.61. The van der Waals surface area contributed by atoms with Gasteiger partial charge in [0, 0.05) is 18.6 Å². The molecule has 2 fully saturated rings. The maximum Gasteiger partial charge on any atom is 0.0628 e. The predicted molar refractivity (Wildman–Crippen MR) is 80.3 cm³/mol. The number of rotatable bonds is 7. The van der Waals surface area contributed by atoms with Crippen molar-refractivity contribution in [3.8, 4) is 0 Å². The van der Waals surface area contributed by atoms with Crippen molar-refractivity contribution in [1.82, 2.24) is 10.2 Å². The summed E-state index contributed by atoms with van der Waals surface area (Å²) < 4.78 is 0. The zero-order valence-corrected chi connectivity index (χ0v) is 13.0. The van der Waals surface area contributed by atoms with Gasteiger partial charge in [-0.25, -0.2) is 0 Å². The standard InChI is InChI=1S/C16H32N2O/c1-4-15-7-5-6-10-18(15)11-16(12-19,14-8-9-14)17-13(2)3/h13-15,17,19H,4-12H2,1-3H3. The van der Waals surface area contributed by atoms with Gasteiger partial charge in [-0.3, -0.25) is 4.90 Å². The summed E-state index contributed by atoms with van der Waals surface area (Å²) in [6.45, 7) is 9.22. The smallest absolute Gasteiger partial charge is 0.0628 e. The first-order valence-corrected chi connectivity index (χ1v) is 8.24. The van der Waals surface area contributed by atoms with E-state index in [0.717, 1.165) is 12.6 Å². The average Bonchev–Trinajstić information content (AvgIpc) is 3.22. The zero-order chi connectivity index (χ0) is 13.9. The van der Waals surface area contributed by atoms with Crippen molar-refractivity contribution in [2.24, 2.45) is 5.92 Å². The molecule has 2 aliphatic rings. The Balaban J connectivity index is 2.05. The van der Waals surface area contributed by atoms with E-state index in [9.17, 15) is 5.11 Å². The topological polar surface area (TPSA) is 35.5 Å². The summed E-state index contributed by atoms with van der Waals surface area (Å²) in [6.07, 6.45) is 7.85. The summed E-state index contributed by atoms with van der Waals surface area (Å²) in [7, 11) is 0. The molecule has 3 heteroatoms. The number of nitrogens with zero attached hydrogens (tertiary/aromatic N) is 1. The first-order chi connectivity index (χ1) is 9.11. The molecule has 1 heterocycles. The van der Waals surface area contributed by atoms with Gasteiger partial charge in [0.05, 0.1) is 12.1 Å². The average molecular weight is 268 g/mol. The van der Waals surface area contributed by atoms with Crippen LogP contribution in [0.1, 0.15) is 59.3 Å². The molecule has 0 bridgehead atoms. The second-order valence-electron chi connectivity index (χ2n) is 6.92. The van der Waals surface area contributed by atoms with E-state index in [0.29, 0.717) is 12.0 Å². The minimum Gasteiger partial charge on any atom is -0.394 e. The highest BCUT2D eigenvalue weighted by Crippen LogP contribution is 2.41. The van der Waals surface area contributed by atoms with Crippen molar-refractivity contribution < 1.29 is 5.11 Å². The first-order valence-electron chi connectivity index (χ1n) is 8.24. The molecule has 0 spiro atoms. The van der Waals surface area contributed by atoms with Gasteiger partial charge in [0.25, 0.3) is 0 Å². The fourth-order valence-corrected chi connectivity index (χ4v) is 3.82. The van der Waals surface area contributed by atoms with Crippen LogP contribution >= 0.6 is 0 Å². The van der Waals surface area contributed by atoms with Crippen molar-refractivity contribution in [1.29, 1.82) is 0 Å². The Bertz CT molecular complexity index is 278. The zero-order valence-electron chi connectivity index (χ0n) is 13.0. The molecule has 0 amide bonds. The molecule has 0 aromatic carbocycles. The third-order valence-corrected chi connectivity index (χ3v) is 4.92. The second kappa shape index (κ2) is 6.55. The largest absolute Gasteiger partial charge is 0.394 e. The molecule has 1 aliphatic carbocycles. The highest BCUT2D eigenvalue weighted by Gasteiger charge is 2.46. The van der Waals surface area contributed by atoms with Gasteiger partial charge in [0.2, 0.25) is 0 Å². The van der Waals surface area contributed by atoms with E-state index in [-0.39, 0.29) is 12.1 Å². The molecule has 1 saturated heterocycles. The third kappa shape index (κ3) is 3.71. The number of aliphatic hydroxyl groups excluding tert-OH is 1. The van der Waals surface area contributed by atoms with Crippen LogP contribution in [0.2, 0.25) is 0 Å². The predicted octanol–water partition coefficient (Wildman–Crippen LogP) is 2.39. The molecule has 2 unspecified atom stereocenters. The van der Waals surface area contributed by atoms with Crippen LogP contribution in [0.5, 0.6) is 0 Å². The molecular formula is C16H32N2O. The molecular weight excluding hydrogens is 236 g/mol. The Morgan fingerprint density at radius 2 is 2.00 bits per heavy atom. The van der Waals surface area contributed by atoms with Crippen LogP contribution in [-0.4, -0.2) is 47.3 Å². The van der Waals surface area contributed by atoms with Crippen molar-refractivity contribution in [3.05, 3.63) is 0 Å². The van der Waals surface area contributed by atoms with Crippen molar-refractivity contribution in [2.45, 2.75) is 76.9 Å². The van der Waals surface area contributed by atoms with Crippen LogP contribution in [0.3, 0.4) is 0 Å². The Kier molecular flexibility index (Phi) is 5.27. The van der Waals surface area contributed by atoms with E-state index in [1.807, 2.05) is 0 Å². The van der Waals surface area contributed by atoms with E-state index in [1.54, 1.807) is 0 Å². The van der Waals surface area contributed by atoms with Crippen molar-refractivity contribution in [2.75, 3.05) is 19.7 Å². The van der Waals surface area contributed by atoms with Gasteiger partial charge in [0.15, 0.2) is 0 Å². The van der Waals surface area contributed by atoms with Crippen molar-refractivity contribution in [3.63, 3.8) is 0 Å². The van der Waals surface area contributed by atoms with E-state index in [2.05, 4.69) is 31.0 Å². The van der Waals surface area contributed by atoms with E-state index in [4.69, 9.17) is 0 Å². The summed E-state index contributed by atoms with van der Waals surface area (Å²) in [5.74, 6) is 0.680. The molecule has 3 nitrogen and oxygen atoms in total. The molecule has 19 heavy (non-hydrogen) atoms. The summed E-state index contributed by atoms with van der Waals surface area (Å²) in [5, 5.41) is 13.7. The van der Waals surface area contributed by atoms with Crippen LogP contribution in [0.4, 0.5) is 0 Å². The maximum absolute atomic E-state index is 10.0. The summed E-state index contributed by atoms with van der Waals surface area (Å²) in [4.78, 5) is 2.65. The molecule has 0 aromatic rings. The van der Waals surface area contributed by atoms with Gasteiger partial charge in [-0.1, -0.05) is 27.2 Å². The monoisotopic (exact) mass is 268 g/mol. The van der Waals surface area contributed by atoms with Gasteiger partial charge >= 0.3 is 0 Å². The molecule has 1 aliphatic heterocycles. The lowest BCUT2D eigenvalue weighted by molar-refractivity contribution is 0.0478. The molecule has 2 rings (SSSR count). The highest BCUT2D eigenvalue weighted by molar-refractivity contribution is 5.04. The number of hydrogen-bond donors (Lipinski definition) is 2. The lowest BCUT2D eigenvalue weighted by Gasteiger charge is -2.44. The lowest BCUT2D eigenvalue weighted by atomic mass is 9.89. The van der Waals surface area contributed by atoms with Crippen molar-refractivity contribution >= 4 is 0 Å². The van der Waals surface area contributed by atoms with Crippen LogP contribution < -0.4 is 5.32 Å². The summed E-state index contributed by atoms with van der Waals surface area (Å²) >= 11 is 0. The van der Waals surface area contributed by atoms with E-state index >= 15 is 0 Å². The van der Waals surface area contributed by atoms with Crippen LogP contribution in [0.15, 0.2) is 0 Å². The normalized spacial score (nSPS) is 28.6. The third-order valence-electron chi connectivity index (χ3n) is 4.92. The summed E-state index contributed by atoms with van der Waals surface area (Å²) in [6, 6.07) is 1.17. The number of likely N-dealkylation sites (tertiary alicyclic amines) is 1. The van der Waals surface area contributed by atoms with E-state index in [1.165, 1.54) is 45.1 Å². The van der Waals surface area contributed by atoms with Gasteiger partial charge in [-0.05, 0) is 44.6 Å². The molecule has 1 saturated carbocycles. The van der Waals surface area contributed by atoms with Crippen LogP contribution in [0, 0.1) is 5.92 Å². The molecule has 112 valence electrons. The van der Waals surface area contributed by atoms with Gasteiger partial charge < -0.3 is 10.4 Å². The Morgan fingerprint density at radius 3 is 2.53 bits per heavy atom. The SMILES string of the molecule is CCC1CCCCN1CC(CO)(NC(C)C)C1CC1. The number of aliphatic hydroxyl groups is 1. The van der Waals surface area contributed by atoms with Gasteiger partial charge in [-0.2, -0.15) is 0 Å². The van der Waals surface area contributed by atoms with Gasteiger partial charge in [-0.15, -0.1) is 0 Å². The minimum absolute atomic E-state index is 0.0566. The second-order valence-corrected chi connectivity index (χ2v) is 6.92. The highest BCUT2D eigenvalue weighted by atomic mass is 16.3. The van der Waals surface area contributed by atoms with E-state index < -0.39 is 0 Å². The quantitative estimate of drug-likeness (QED) is 0.744. The van der Waals surface area contributed by atoms with Crippen LogP contribution in [-0.2, 0) is 0 Å². The van der Waals surface area contributed by atoms with Crippen LogP contribution in [0.25, 0.3) is 0 Å². The Morgan fingerprint density at radius 1 is 1.26 bits per heavy atom. The van der Waals surface area contributed by atoms with Gasteiger partial charge in [0.1, 0.15) is 0 Å². The first kappa shape index (κ1) is 15.3. The molecule has 0 radical (unpaired) electrons. The Hall–Kier alpha value is -0.120. The minimum atomic E-state index is -0.0566. The molecule has 0 aromatic heterocycles. The number of nitrogens with one attached hydrogen (secondary N) is 1. The molecule has 2 N–H and O–H groups in total. The maximum atomic E-state index is 10.0. The number of hydrogen-bond acceptors (Lipinski definition) is 3.